The molecule has 0 amide bonds. The van der Waals surface area contributed by atoms with E-state index in [0.717, 1.165) is 11.6 Å². The van der Waals surface area contributed by atoms with Crippen molar-refractivity contribution in [2.75, 3.05) is 0 Å². The second-order valence-electron chi connectivity index (χ2n) is 4.10. The molecule has 0 saturated heterocycles. The van der Waals surface area contributed by atoms with Crippen LogP contribution in [0.5, 0.6) is 0 Å². The van der Waals surface area contributed by atoms with Crippen molar-refractivity contribution < 1.29 is 14.6 Å². The molecule has 0 aliphatic carbocycles. The van der Waals surface area contributed by atoms with Crippen molar-refractivity contribution in [2.45, 2.75) is 6.92 Å². The second kappa shape index (κ2) is 6.38. The fourth-order valence-corrected chi connectivity index (χ4v) is 1.55. The third-order valence-corrected chi connectivity index (χ3v) is 2.66. The van der Waals surface area contributed by atoms with Gasteiger partial charge in [-0.15, -0.1) is 0 Å². The first kappa shape index (κ1) is 14.3. The molecule has 0 aliphatic rings. The van der Waals surface area contributed by atoms with Gasteiger partial charge in [0.05, 0.1) is 16.2 Å². The summed E-state index contributed by atoms with van der Waals surface area (Å²) < 4.78 is 0. The Balaban J connectivity index is 2.12. The molecule has 0 radical (unpaired) electrons. The van der Waals surface area contributed by atoms with E-state index < -0.39 is 10.9 Å². The zero-order valence-electron chi connectivity index (χ0n) is 11.1. The molecule has 0 spiro atoms. The van der Waals surface area contributed by atoms with Crippen LogP contribution in [0, 0.1) is 10.1 Å². The summed E-state index contributed by atoms with van der Waals surface area (Å²) in [4.78, 5) is 30.5. The van der Waals surface area contributed by atoms with Crippen LogP contribution in [-0.4, -0.2) is 21.6 Å². The summed E-state index contributed by atoms with van der Waals surface area (Å²) in [6.45, 7) is 1.68. The summed E-state index contributed by atoms with van der Waals surface area (Å²) >= 11 is 0. The first-order valence-corrected chi connectivity index (χ1v) is 5.98. The molecule has 7 nitrogen and oxygen atoms in total. The van der Waals surface area contributed by atoms with E-state index in [4.69, 9.17) is 4.84 Å². The zero-order valence-corrected chi connectivity index (χ0v) is 11.1. The number of hydrogen-bond donors (Lipinski definition) is 0. The molecule has 0 N–H and O–H groups in total. The SMILES string of the molecule is C/C(=N\OC(=O)c1cccc([N+](=O)[O-])c1)c1ccncc1. The predicted molar refractivity (Wildman–Crippen MR) is 75.0 cm³/mol. The Morgan fingerprint density at radius 2 is 1.95 bits per heavy atom. The van der Waals surface area contributed by atoms with E-state index in [-0.39, 0.29) is 11.3 Å². The Kier molecular flexibility index (Phi) is 4.35. The number of benzene rings is 1. The van der Waals surface area contributed by atoms with Gasteiger partial charge in [-0.3, -0.25) is 15.1 Å². The standard InChI is InChI=1S/C14H11N3O4/c1-10(11-5-7-15-8-6-11)16-21-14(18)12-3-2-4-13(9-12)17(19)20/h2-9H,1H3/b16-10+. The smallest absolute Gasteiger partial charge is 0.313 e. The molecule has 1 aromatic heterocycles. The molecule has 106 valence electrons. The molecular weight excluding hydrogens is 274 g/mol. The van der Waals surface area contributed by atoms with Gasteiger partial charge < -0.3 is 4.84 Å². The lowest BCUT2D eigenvalue weighted by molar-refractivity contribution is -0.384. The van der Waals surface area contributed by atoms with Gasteiger partial charge in [0.25, 0.3) is 5.69 Å². The number of hydrogen-bond acceptors (Lipinski definition) is 6. The van der Waals surface area contributed by atoms with E-state index in [1.165, 1.54) is 18.2 Å². The maximum Gasteiger partial charge on any atom is 0.365 e. The number of aromatic nitrogens is 1. The Labute approximate surface area is 120 Å². The highest BCUT2D eigenvalue weighted by Gasteiger charge is 2.13. The highest BCUT2D eigenvalue weighted by atomic mass is 16.7. The summed E-state index contributed by atoms with van der Waals surface area (Å²) in [7, 11) is 0. The van der Waals surface area contributed by atoms with Gasteiger partial charge in [0.2, 0.25) is 0 Å². The number of nitrogens with zero attached hydrogens (tertiary/aromatic N) is 3. The molecule has 0 unspecified atom stereocenters. The van der Waals surface area contributed by atoms with E-state index in [1.54, 1.807) is 31.5 Å². The Morgan fingerprint density at radius 1 is 1.24 bits per heavy atom. The lowest BCUT2D eigenvalue weighted by atomic mass is 10.2. The van der Waals surface area contributed by atoms with Crippen LogP contribution in [0.1, 0.15) is 22.8 Å². The number of nitro benzene ring substituents is 1. The van der Waals surface area contributed by atoms with Gasteiger partial charge >= 0.3 is 5.97 Å². The monoisotopic (exact) mass is 285 g/mol. The van der Waals surface area contributed by atoms with E-state index in [1.807, 2.05) is 0 Å². The number of carbonyl (C=O) groups is 1. The van der Waals surface area contributed by atoms with Gasteiger partial charge in [-0.1, -0.05) is 11.2 Å². The van der Waals surface area contributed by atoms with Crippen molar-refractivity contribution in [1.82, 2.24) is 4.98 Å². The minimum Gasteiger partial charge on any atom is -0.313 e. The minimum absolute atomic E-state index is 0.0653. The average molecular weight is 285 g/mol. The van der Waals surface area contributed by atoms with Crippen LogP contribution in [0.4, 0.5) is 5.69 Å². The van der Waals surface area contributed by atoms with Gasteiger partial charge in [-0.25, -0.2) is 4.79 Å². The van der Waals surface area contributed by atoms with Crippen molar-refractivity contribution in [3.63, 3.8) is 0 Å². The number of rotatable bonds is 4. The van der Waals surface area contributed by atoms with E-state index in [2.05, 4.69) is 10.1 Å². The number of non-ortho nitro benzene ring substituents is 1. The molecule has 0 atom stereocenters. The second-order valence-corrected chi connectivity index (χ2v) is 4.10. The van der Waals surface area contributed by atoms with Crippen molar-refractivity contribution in [1.29, 1.82) is 0 Å². The molecule has 0 saturated carbocycles. The third kappa shape index (κ3) is 3.69. The number of nitro groups is 1. The fourth-order valence-electron chi connectivity index (χ4n) is 1.55. The quantitative estimate of drug-likeness (QED) is 0.372. The molecule has 1 heterocycles. The first-order chi connectivity index (χ1) is 10.1. The highest BCUT2D eigenvalue weighted by Crippen LogP contribution is 2.14. The van der Waals surface area contributed by atoms with Crippen molar-refractivity contribution in [3.05, 3.63) is 70.0 Å². The van der Waals surface area contributed by atoms with Crippen LogP contribution >= 0.6 is 0 Å². The molecule has 21 heavy (non-hydrogen) atoms. The van der Waals surface area contributed by atoms with Gasteiger partial charge in [-0.2, -0.15) is 0 Å². The Hall–Kier alpha value is -3.09. The van der Waals surface area contributed by atoms with Crippen LogP contribution < -0.4 is 0 Å². The van der Waals surface area contributed by atoms with Crippen LogP contribution in [0.15, 0.2) is 53.9 Å². The van der Waals surface area contributed by atoms with Crippen LogP contribution in [0.2, 0.25) is 0 Å². The summed E-state index contributed by atoms with van der Waals surface area (Å²) in [6.07, 6.45) is 3.19. The number of pyridine rings is 1. The fraction of sp³-hybridized carbons (Fsp3) is 0.0714. The molecule has 1 aromatic carbocycles. The maximum atomic E-state index is 11.8. The molecule has 0 aliphatic heterocycles. The van der Waals surface area contributed by atoms with Crippen molar-refractivity contribution in [3.8, 4) is 0 Å². The molecule has 2 rings (SSSR count). The zero-order chi connectivity index (χ0) is 15.2. The van der Waals surface area contributed by atoms with Gasteiger partial charge in [0.15, 0.2) is 0 Å². The summed E-state index contributed by atoms with van der Waals surface area (Å²) in [5, 5.41) is 14.4. The number of carbonyl (C=O) groups excluding carboxylic acids is 1. The van der Waals surface area contributed by atoms with Gasteiger partial charge in [-0.05, 0) is 25.1 Å². The Morgan fingerprint density at radius 3 is 2.62 bits per heavy atom. The lowest BCUT2D eigenvalue weighted by Gasteiger charge is -2.01. The topological polar surface area (TPSA) is 94.7 Å². The van der Waals surface area contributed by atoms with E-state index in [0.29, 0.717) is 5.71 Å². The maximum absolute atomic E-state index is 11.8. The molecule has 7 heteroatoms. The lowest BCUT2D eigenvalue weighted by Crippen LogP contribution is -2.04. The van der Waals surface area contributed by atoms with Crippen molar-refractivity contribution >= 4 is 17.4 Å². The predicted octanol–water partition coefficient (Wildman–Crippen LogP) is 2.57. The third-order valence-electron chi connectivity index (χ3n) is 2.66. The van der Waals surface area contributed by atoms with E-state index >= 15 is 0 Å². The molecule has 0 fully saturated rings. The molecular formula is C14H11N3O4. The van der Waals surface area contributed by atoms with Crippen LogP contribution in [-0.2, 0) is 4.84 Å². The largest absolute Gasteiger partial charge is 0.365 e. The summed E-state index contributed by atoms with van der Waals surface area (Å²) in [5.41, 5.74) is 1.14. The molecule has 0 bridgehead atoms. The average Bonchev–Trinajstić information content (AvgIpc) is 2.53. The van der Waals surface area contributed by atoms with Crippen molar-refractivity contribution in [2.24, 2.45) is 5.16 Å². The highest BCUT2D eigenvalue weighted by molar-refractivity contribution is 5.99. The van der Waals surface area contributed by atoms with Crippen LogP contribution in [0.3, 0.4) is 0 Å². The number of oxime groups is 1. The van der Waals surface area contributed by atoms with Crippen LogP contribution in [0.25, 0.3) is 0 Å². The summed E-state index contributed by atoms with van der Waals surface area (Å²) in [5.74, 6) is -0.757. The van der Waals surface area contributed by atoms with Gasteiger partial charge in [0.1, 0.15) is 0 Å². The van der Waals surface area contributed by atoms with Gasteiger partial charge in [0, 0.05) is 30.1 Å². The van der Waals surface area contributed by atoms with E-state index in [9.17, 15) is 14.9 Å². The first-order valence-electron chi connectivity index (χ1n) is 5.98. The normalized spacial score (nSPS) is 11.0. The minimum atomic E-state index is -0.757. The summed E-state index contributed by atoms with van der Waals surface area (Å²) in [6, 6.07) is 8.71. The Bertz CT molecular complexity index is 698. The molecule has 2 aromatic rings.